The molecule has 0 bridgehead atoms. The maximum absolute atomic E-state index is 13.9. The van der Waals surface area contributed by atoms with E-state index in [0.717, 1.165) is 12.8 Å². The van der Waals surface area contributed by atoms with Crippen molar-refractivity contribution in [2.45, 2.75) is 44.0 Å². The molecule has 1 aliphatic carbocycles. The fourth-order valence-electron chi connectivity index (χ4n) is 5.89. The summed E-state index contributed by atoms with van der Waals surface area (Å²) in [5.41, 5.74) is 5.74. The SMILES string of the molecule is CCOc1c(CC(N)=O)cc([C@@](O)(CNC(=O)c2cc(OC)c3nc(C4CC4)oc3c2)c2ccccc2)nc1-c1ccc2c(c1)OC(F)(F)O2. The Morgan fingerprint density at radius 2 is 1.82 bits per heavy atom. The van der Waals surface area contributed by atoms with Gasteiger partial charge in [-0.1, -0.05) is 30.3 Å². The fourth-order valence-corrected chi connectivity index (χ4v) is 5.89. The molecule has 50 heavy (non-hydrogen) atoms. The van der Waals surface area contributed by atoms with Gasteiger partial charge in [-0.05, 0) is 61.7 Å². The molecule has 3 aromatic carbocycles. The third-order valence-corrected chi connectivity index (χ3v) is 8.44. The first-order chi connectivity index (χ1) is 24.0. The van der Waals surface area contributed by atoms with E-state index in [-0.39, 0.29) is 70.8 Å². The number of nitrogens with one attached hydrogen (secondary N) is 1. The van der Waals surface area contributed by atoms with E-state index in [1.54, 1.807) is 49.4 Å². The molecule has 258 valence electrons. The van der Waals surface area contributed by atoms with Gasteiger partial charge < -0.3 is 39.5 Å². The molecule has 1 atom stereocenters. The van der Waals surface area contributed by atoms with E-state index in [9.17, 15) is 23.5 Å². The molecule has 2 amide bonds. The second-order valence-corrected chi connectivity index (χ2v) is 12.0. The highest BCUT2D eigenvalue weighted by molar-refractivity contribution is 5.99. The maximum Gasteiger partial charge on any atom is 0.586 e. The molecule has 0 unspecified atom stereocenters. The van der Waals surface area contributed by atoms with Gasteiger partial charge in [0, 0.05) is 22.6 Å². The van der Waals surface area contributed by atoms with Crippen molar-refractivity contribution in [2.24, 2.45) is 5.73 Å². The minimum atomic E-state index is -3.86. The summed E-state index contributed by atoms with van der Waals surface area (Å²) in [5, 5.41) is 15.3. The zero-order valence-corrected chi connectivity index (χ0v) is 27.0. The molecule has 1 aliphatic heterocycles. The predicted molar refractivity (Wildman–Crippen MR) is 174 cm³/mol. The number of oxazole rings is 1. The minimum Gasteiger partial charge on any atom is -0.494 e. The van der Waals surface area contributed by atoms with Gasteiger partial charge in [-0.15, -0.1) is 8.78 Å². The van der Waals surface area contributed by atoms with Crippen LogP contribution < -0.4 is 30.0 Å². The first-order valence-electron chi connectivity index (χ1n) is 15.9. The summed E-state index contributed by atoms with van der Waals surface area (Å²) in [6.07, 6.45) is -2.21. The molecular formula is C36H32F2N4O8. The van der Waals surface area contributed by atoms with E-state index < -0.39 is 23.7 Å². The number of ether oxygens (including phenoxy) is 4. The van der Waals surface area contributed by atoms with Crippen LogP contribution in [0.15, 0.2) is 71.1 Å². The largest absolute Gasteiger partial charge is 0.586 e. The van der Waals surface area contributed by atoms with Crippen LogP contribution in [-0.4, -0.2) is 53.4 Å². The average molecular weight is 687 g/mol. The Bertz CT molecular complexity index is 2120. The number of carbonyl (C=O) groups excluding carboxylic acids is 2. The number of primary amides is 1. The van der Waals surface area contributed by atoms with Crippen LogP contribution in [-0.2, 0) is 16.8 Å². The molecular weight excluding hydrogens is 654 g/mol. The van der Waals surface area contributed by atoms with Crippen molar-refractivity contribution in [3.63, 3.8) is 0 Å². The number of amides is 2. The third-order valence-electron chi connectivity index (χ3n) is 8.44. The van der Waals surface area contributed by atoms with Crippen molar-refractivity contribution in [1.29, 1.82) is 0 Å². The highest BCUT2D eigenvalue weighted by atomic mass is 19.3. The minimum absolute atomic E-state index is 0.0130. The van der Waals surface area contributed by atoms with Gasteiger partial charge in [-0.3, -0.25) is 9.59 Å². The molecule has 3 heterocycles. The number of benzene rings is 3. The van der Waals surface area contributed by atoms with Crippen molar-refractivity contribution in [1.82, 2.24) is 15.3 Å². The lowest BCUT2D eigenvalue weighted by Crippen LogP contribution is -2.42. The molecule has 7 rings (SSSR count). The Labute approximate surface area is 284 Å². The monoisotopic (exact) mass is 686 g/mol. The highest BCUT2D eigenvalue weighted by Gasteiger charge is 2.44. The molecule has 5 aromatic rings. The number of carbonyl (C=O) groups is 2. The van der Waals surface area contributed by atoms with Crippen LogP contribution in [0.2, 0.25) is 0 Å². The lowest BCUT2D eigenvalue weighted by Gasteiger charge is -2.30. The normalized spacial score (nSPS) is 15.8. The quantitative estimate of drug-likeness (QED) is 0.159. The molecule has 2 aromatic heterocycles. The smallest absolute Gasteiger partial charge is 0.494 e. The first-order valence-corrected chi connectivity index (χ1v) is 15.9. The molecule has 0 spiro atoms. The molecule has 0 saturated heterocycles. The summed E-state index contributed by atoms with van der Waals surface area (Å²) in [5.74, 6) is -0.327. The number of hydrogen-bond donors (Lipinski definition) is 3. The van der Waals surface area contributed by atoms with E-state index in [1.807, 2.05) is 0 Å². The Hall–Kier alpha value is -5.76. The highest BCUT2D eigenvalue weighted by Crippen LogP contribution is 2.45. The van der Waals surface area contributed by atoms with Gasteiger partial charge in [0.05, 0.1) is 32.4 Å². The predicted octanol–water partition coefficient (Wildman–Crippen LogP) is 5.19. The Morgan fingerprint density at radius 1 is 1.06 bits per heavy atom. The lowest BCUT2D eigenvalue weighted by atomic mass is 9.87. The van der Waals surface area contributed by atoms with Crippen LogP contribution in [0, 0.1) is 0 Å². The van der Waals surface area contributed by atoms with Crippen LogP contribution in [0.1, 0.15) is 58.8 Å². The van der Waals surface area contributed by atoms with Gasteiger partial charge in [0.15, 0.2) is 28.5 Å². The summed E-state index contributed by atoms with van der Waals surface area (Å²) in [6, 6.07) is 17.1. The second kappa shape index (κ2) is 12.6. The lowest BCUT2D eigenvalue weighted by molar-refractivity contribution is -0.286. The number of pyridine rings is 1. The Morgan fingerprint density at radius 3 is 2.52 bits per heavy atom. The van der Waals surface area contributed by atoms with Gasteiger partial charge in [0.2, 0.25) is 5.91 Å². The molecule has 4 N–H and O–H groups in total. The van der Waals surface area contributed by atoms with Crippen molar-refractivity contribution in [3.8, 4) is 34.3 Å². The van der Waals surface area contributed by atoms with Crippen LogP contribution in [0.25, 0.3) is 22.4 Å². The van der Waals surface area contributed by atoms with E-state index >= 15 is 0 Å². The maximum atomic E-state index is 13.9. The van der Waals surface area contributed by atoms with Crippen molar-refractivity contribution < 1.29 is 46.8 Å². The summed E-state index contributed by atoms with van der Waals surface area (Å²) >= 11 is 0. The number of aromatic nitrogens is 2. The van der Waals surface area contributed by atoms with Crippen molar-refractivity contribution in [2.75, 3.05) is 20.3 Å². The van der Waals surface area contributed by atoms with Gasteiger partial charge in [0.25, 0.3) is 5.91 Å². The number of aliphatic hydroxyl groups is 1. The molecule has 2 aliphatic rings. The average Bonchev–Trinajstić information content (AvgIpc) is 3.77. The van der Waals surface area contributed by atoms with E-state index in [4.69, 9.17) is 24.6 Å². The number of nitrogens with zero attached hydrogens (tertiary/aromatic N) is 2. The Kier molecular flexibility index (Phi) is 8.26. The summed E-state index contributed by atoms with van der Waals surface area (Å²) in [4.78, 5) is 35.3. The molecule has 14 heteroatoms. The zero-order chi connectivity index (χ0) is 35.2. The Balaban J connectivity index is 1.31. The summed E-state index contributed by atoms with van der Waals surface area (Å²) in [6.45, 7) is 1.49. The standard InChI is InChI=1S/C36H32F2N4O8/c1-3-47-32-21(17-29(39)43)16-28(41-30(32)20-11-12-24-25(13-20)50-36(37,38)49-24)35(45,23-7-5-4-6-8-23)18-40-33(44)22-14-26(46-2)31-27(15-22)48-34(42-31)19-9-10-19/h4-8,11-16,19,45H,3,9-10,17-18H2,1-2H3,(H2,39,43)(H,40,44)/t35-/m1/s1. The van der Waals surface area contributed by atoms with Crippen LogP contribution >= 0.6 is 0 Å². The van der Waals surface area contributed by atoms with Gasteiger partial charge >= 0.3 is 6.29 Å². The van der Waals surface area contributed by atoms with Crippen LogP contribution in [0.3, 0.4) is 0 Å². The first kappa shape index (κ1) is 32.8. The number of hydrogen-bond acceptors (Lipinski definition) is 10. The van der Waals surface area contributed by atoms with Crippen molar-refractivity contribution >= 4 is 22.9 Å². The summed E-state index contributed by atoms with van der Waals surface area (Å²) in [7, 11) is 1.47. The zero-order valence-electron chi connectivity index (χ0n) is 27.0. The van der Waals surface area contributed by atoms with Gasteiger partial charge in [0.1, 0.15) is 22.8 Å². The molecule has 1 saturated carbocycles. The third kappa shape index (κ3) is 6.25. The van der Waals surface area contributed by atoms with Crippen molar-refractivity contribution in [3.05, 3.63) is 95.0 Å². The van der Waals surface area contributed by atoms with E-state index in [1.165, 1.54) is 31.4 Å². The number of alkyl halides is 2. The van der Waals surface area contributed by atoms with E-state index in [0.29, 0.717) is 28.3 Å². The fraction of sp³-hybridized carbons (Fsp3) is 0.278. The van der Waals surface area contributed by atoms with Crippen LogP contribution in [0.5, 0.6) is 23.0 Å². The number of halogens is 2. The van der Waals surface area contributed by atoms with Crippen LogP contribution in [0.4, 0.5) is 8.78 Å². The molecule has 12 nitrogen and oxygen atoms in total. The number of methoxy groups -OCH3 is 1. The summed E-state index contributed by atoms with van der Waals surface area (Å²) < 4.78 is 54.4. The van der Waals surface area contributed by atoms with Gasteiger partial charge in [-0.25, -0.2) is 9.97 Å². The number of nitrogens with two attached hydrogens (primary N) is 1. The number of fused-ring (bicyclic) bond motifs is 2. The van der Waals surface area contributed by atoms with E-state index in [2.05, 4.69) is 19.8 Å². The molecule has 0 radical (unpaired) electrons. The topological polar surface area (TPSA) is 168 Å². The van der Waals surface area contributed by atoms with Gasteiger partial charge in [-0.2, -0.15) is 0 Å². The molecule has 1 fully saturated rings. The number of rotatable bonds is 12. The second-order valence-electron chi connectivity index (χ2n) is 12.0.